The molecule has 0 atom stereocenters. The van der Waals surface area contributed by atoms with Crippen molar-refractivity contribution in [2.45, 2.75) is 4.90 Å². The third kappa shape index (κ3) is 3.47. The number of thiophene rings is 1. The summed E-state index contributed by atoms with van der Waals surface area (Å²) in [5, 5.41) is 13.2. The average molecular weight is 325 g/mol. The van der Waals surface area contributed by atoms with Crippen molar-refractivity contribution in [3.8, 4) is 0 Å². The van der Waals surface area contributed by atoms with Gasteiger partial charge in [-0.25, -0.2) is 13.2 Å². The molecule has 0 saturated heterocycles. The molecule has 6 nitrogen and oxygen atoms in total. The van der Waals surface area contributed by atoms with Gasteiger partial charge in [0.1, 0.15) is 5.00 Å². The van der Waals surface area contributed by atoms with Crippen LogP contribution >= 0.6 is 11.3 Å². The maximum Gasteiger partial charge on any atom is 0.338 e. The molecule has 21 heavy (non-hydrogen) atoms. The molecular weight excluding hydrogens is 314 g/mol. The quantitative estimate of drug-likeness (QED) is 0.896. The largest absolute Gasteiger partial charge is 0.478 e. The summed E-state index contributed by atoms with van der Waals surface area (Å²) < 4.78 is 22.7. The summed E-state index contributed by atoms with van der Waals surface area (Å²) >= 11 is 1.10. The van der Waals surface area contributed by atoms with Gasteiger partial charge < -0.3 is 10.4 Å². The lowest BCUT2D eigenvalue weighted by atomic mass is 10.2. The lowest BCUT2D eigenvalue weighted by Crippen LogP contribution is -2.13. The van der Waals surface area contributed by atoms with Gasteiger partial charge in [0, 0.05) is 11.8 Å². The Hall–Kier alpha value is -2.19. The highest BCUT2D eigenvalue weighted by molar-refractivity contribution is 7.90. The van der Waals surface area contributed by atoms with Crippen LogP contribution in [0.3, 0.4) is 0 Å². The summed E-state index contributed by atoms with van der Waals surface area (Å²) in [6, 6.07) is 6.81. The Morgan fingerprint density at radius 2 is 1.76 bits per heavy atom. The maximum absolute atomic E-state index is 12.0. The van der Waals surface area contributed by atoms with Crippen molar-refractivity contribution < 1.29 is 23.1 Å². The molecule has 0 bridgehead atoms. The molecule has 0 unspecified atom stereocenters. The van der Waals surface area contributed by atoms with E-state index in [9.17, 15) is 18.0 Å². The van der Waals surface area contributed by atoms with Crippen LogP contribution in [-0.2, 0) is 9.84 Å². The maximum atomic E-state index is 12.0. The molecule has 0 aliphatic carbocycles. The van der Waals surface area contributed by atoms with Gasteiger partial charge in [0.15, 0.2) is 9.84 Å². The number of hydrogen-bond acceptors (Lipinski definition) is 5. The smallest absolute Gasteiger partial charge is 0.338 e. The van der Waals surface area contributed by atoms with E-state index in [2.05, 4.69) is 5.32 Å². The molecule has 0 aliphatic rings. The van der Waals surface area contributed by atoms with Crippen LogP contribution in [0.25, 0.3) is 0 Å². The average Bonchev–Trinajstić information content (AvgIpc) is 2.86. The van der Waals surface area contributed by atoms with Crippen molar-refractivity contribution >= 4 is 38.1 Å². The van der Waals surface area contributed by atoms with Gasteiger partial charge in [0.25, 0.3) is 5.91 Å². The molecule has 0 spiro atoms. The molecule has 8 heteroatoms. The highest BCUT2D eigenvalue weighted by atomic mass is 32.2. The summed E-state index contributed by atoms with van der Waals surface area (Å²) in [4.78, 5) is 23.1. The summed E-state index contributed by atoms with van der Waals surface area (Å²) in [7, 11) is -3.32. The van der Waals surface area contributed by atoms with Crippen molar-refractivity contribution in [1.29, 1.82) is 0 Å². The van der Waals surface area contributed by atoms with E-state index in [0.29, 0.717) is 0 Å². The van der Waals surface area contributed by atoms with Crippen molar-refractivity contribution in [2.75, 3.05) is 11.6 Å². The van der Waals surface area contributed by atoms with E-state index in [0.717, 1.165) is 17.6 Å². The lowest BCUT2D eigenvalue weighted by molar-refractivity contribution is 0.0698. The first-order valence-electron chi connectivity index (χ1n) is 5.71. The van der Waals surface area contributed by atoms with E-state index in [4.69, 9.17) is 5.11 Å². The van der Waals surface area contributed by atoms with Gasteiger partial charge in [0.05, 0.1) is 10.5 Å². The van der Waals surface area contributed by atoms with Gasteiger partial charge >= 0.3 is 5.97 Å². The summed E-state index contributed by atoms with van der Waals surface area (Å²) in [5.41, 5.74) is 0.258. The normalized spacial score (nSPS) is 11.1. The monoisotopic (exact) mass is 325 g/mol. The summed E-state index contributed by atoms with van der Waals surface area (Å²) in [5.74, 6) is -1.63. The molecule has 1 aromatic carbocycles. The Labute approximate surface area is 125 Å². The second-order valence-corrected chi connectivity index (χ2v) is 7.15. The molecule has 0 fully saturated rings. The molecule has 1 heterocycles. The van der Waals surface area contributed by atoms with Crippen LogP contribution in [0.15, 0.2) is 40.6 Å². The zero-order valence-corrected chi connectivity index (χ0v) is 12.5. The fourth-order valence-corrected chi connectivity index (χ4v) is 3.01. The van der Waals surface area contributed by atoms with E-state index in [1.165, 1.54) is 30.3 Å². The topological polar surface area (TPSA) is 101 Å². The second-order valence-electron chi connectivity index (χ2n) is 4.22. The minimum atomic E-state index is -3.32. The molecular formula is C13H11NO5S2. The fraction of sp³-hybridized carbons (Fsp3) is 0.0769. The van der Waals surface area contributed by atoms with Gasteiger partial charge in [-0.3, -0.25) is 4.79 Å². The standard InChI is InChI=1S/C13H11NO5S2/c1-21(18,19)9-4-2-8(3-5-9)11(15)14-12-10(13(16)17)6-7-20-12/h2-7H,1H3,(H,14,15)(H,16,17). The highest BCUT2D eigenvalue weighted by Gasteiger charge is 2.15. The van der Waals surface area contributed by atoms with Crippen LogP contribution in [0.2, 0.25) is 0 Å². The van der Waals surface area contributed by atoms with Crippen molar-refractivity contribution in [3.63, 3.8) is 0 Å². The van der Waals surface area contributed by atoms with Gasteiger partial charge in [-0.2, -0.15) is 0 Å². The predicted molar refractivity (Wildman–Crippen MR) is 78.8 cm³/mol. The van der Waals surface area contributed by atoms with Gasteiger partial charge in [-0.15, -0.1) is 11.3 Å². The zero-order valence-electron chi connectivity index (χ0n) is 10.9. The van der Waals surface area contributed by atoms with Crippen LogP contribution in [-0.4, -0.2) is 31.7 Å². The third-order valence-electron chi connectivity index (χ3n) is 2.67. The Kier molecular flexibility index (Phi) is 4.10. The molecule has 2 aromatic rings. The zero-order chi connectivity index (χ0) is 15.6. The number of rotatable bonds is 4. The molecule has 0 radical (unpaired) electrons. The number of anilines is 1. The highest BCUT2D eigenvalue weighted by Crippen LogP contribution is 2.24. The number of carbonyl (C=O) groups excluding carboxylic acids is 1. The molecule has 0 aliphatic heterocycles. The number of aromatic carboxylic acids is 1. The van der Waals surface area contributed by atoms with Crippen molar-refractivity contribution in [3.05, 3.63) is 46.8 Å². The van der Waals surface area contributed by atoms with E-state index >= 15 is 0 Å². The van der Waals surface area contributed by atoms with Crippen molar-refractivity contribution in [2.24, 2.45) is 0 Å². The predicted octanol–water partition coefficient (Wildman–Crippen LogP) is 2.10. The first kappa shape index (κ1) is 15.2. The minimum Gasteiger partial charge on any atom is -0.478 e. The van der Waals surface area contributed by atoms with E-state index in [1.807, 2.05) is 0 Å². The number of carboxylic acids is 1. The Balaban J connectivity index is 2.21. The molecule has 0 saturated carbocycles. The Morgan fingerprint density at radius 1 is 1.14 bits per heavy atom. The number of nitrogens with one attached hydrogen (secondary N) is 1. The molecule has 2 N–H and O–H groups in total. The summed E-state index contributed by atoms with van der Waals surface area (Å²) in [6.45, 7) is 0. The lowest BCUT2D eigenvalue weighted by Gasteiger charge is -2.05. The number of hydrogen-bond donors (Lipinski definition) is 2. The SMILES string of the molecule is CS(=O)(=O)c1ccc(C(=O)Nc2sccc2C(=O)O)cc1. The number of sulfone groups is 1. The van der Waals surface area contributed by atoms with Crippen LogP contribution < -0.4 is 5.32 Å². The molecule has 1 aromatic heterocycles. The number of carboxylic acid groups (broad SMARTS) is 1. The molecule has 110 valence electrons. The van der Waals surface area contributed by atoms with E-state index in [-0.39, 0.29) is 21.0 Å². The van der Waals surface area contributed by atoms with Gasteiger partial charge in [-0.05, 0) is 35.7 Å². The van der Waals surface area contributed by atoms with E-state index in [1.54, 1.807) is 5.38 Å². The number of benzene rings is 1. The van der Waals surface area contributed by atoms with Crippen LogP contribution in [0.1, 0.15) is 20.7 Å². The van der Waals surface area contributed by atoms with Gasteiger partial charge in [-0.1, -0.05) is 0 Å². The second kappa shape index (κ2) is 5.66. The number of carbonyl (C=O) groups is 2. The third-order valence-corrected chi connectivity index (χ3v) is 4.63. The first-order valence-corrected chi connectivity index (χ1v) is 8.48. The molecule has 1 amide bonds. The van der Waals surface area contributed by atoms with Gasteiger partial charge in [0.2, 0.25) is 0 Å². The fourth-order valence-electron chi connectivity index (χ4n) is 1.60. The van der Waals surface area contributed by atoms with Crippen LogP contribution in [0.5, 0.6) is 0 Å². The number of amides is 1. The first-order chi connectivity index (χ1) is 9.79. The van der Waals surface area contributed by atoms with E-state index < -0.39 is 21.7 Å². The Morgan fingerprint density at radius 3 is 2.29 bits per heavy atom. The molecule has 2 rings (SSSR count). The van der Waals surface area contributed by atoms with Crippen LogP contribution in [0, 0.1) is 0 Å². The minimum absolute atomic E-state index is 0.0149. The Bertz CT molecular complexity index is 790. The van der Waals surface area contributed by atoms with Crippen molar-refractivity contribution in [1.82, 2.24) is 0 Å². The summed E-state index contributed by atoms with van der Waals surface area (Å²) in [6.07, 6.45) is 1.08. The van der Waals surface area contributed by atoms with Crippen LogP contribution in [0.4, 0.5) is 5.00 Å².